The zero-order chi connectivity index (χ0) is 13.1. The fourth-order valence-electron chi connectivity index (χ4n) is 1.68. The molecule has 0 amide bonds. The summed E-state index contributed by atoms with van der Waals surface area (Å²) in [6.07, 6.45) is 0.0257. The molecule has 0 spiro atoms. The maximum Gasteiger partial charge on any atom is 0.127 e. The molecule has 4 heteroatoms. The highest BCUT2D eigenvalue weighted by molar-refractivity contribution is 6.35. The van der Waals surface area contributed by atoms with Crippen LogP contribution < -0.4 is 0 Å². The zero-order valence-electron chi connectivity index (χ0n) is 9.25. The van der Waals surface area contributed by atoms with Gasteiger partial charge in [0, 0.05) is 21.2 Å². The summed E-state index contributed by atoms with van der Waals surface area (Å²) in [7, 11) is 0. The number of hydrogen-bond acceptors (Lipinski definition) is 1. The van der Waals surface area contributed by atoms with Crippen molar-refractivity contribution in [2.24, 2.45) is 0 Å². The third-order valence-corrected chi connectivity index (χ3v) is 3.12. The van der Waals surface area contributed by atoms with Crippen molar-refractivity contribution in [3.05, 3.63) is 57.8 Å². The van der Waals surface area contributed by atoms with Crippen molar-refractivity contribution in [3.8, 4) is 17.2 Å². The van der Waals surface area contributed by atoms with Gasteiger partial charge in [0.05, 0.1) is 12.5 Å². The summed E-state index contributed by atoms with van der Waals surface area (Å²) in [5.74, 6) is -0.390. The predicted molar refractivity (Wildman–Crippen MR) is 71.2 cm³/mol. The molecule has 0 aromatic heterocycles. The SMILES string of the molecule is N#CCc1cc(-c2cc(Cl)ccc2Cl)ccc1F. The fourth-order valence-corrected chi connectivity index (χ4v) is 2.08. The number of benzene rings is 2. The van der Waals surface area contributed by atoms with Crippen molar-refractivity contribution in [1.29, 1.82) is 5.26 Å². The first-order valence-corrected chi connectivity index (χ1v) is 5.98. The van der Waals surface area contributed by atoms with Crippen LogP contribution in [0.4, 0.5) is 4.39 Å². The lowest BCUT2D eigenvalue weighted by Crippen LogP contribution is -1.90. The van der Waals surface area contributed by atoms with Crippen LogP contribution in [0.2, 0.25) is 10.0 Å². The van der Waals surface area contributed by atoms with Gasteiger partial charge in [-0.2, -0.15) is 5.26 Å². The zero-order valence-corrected chi connectivity index (χ0v) is 10.8. The molecule has 90 valence electrons. The quantitative estimate of drug-likeness (QED) is 0.770. The maximum atomic E-state index is 13.4. The first-order valence-electron chi connectivity index (χ1n) is 5.22. The molecule has 0 saturated heterocycles. The van der Waals surface area contributed by atoms with Crippen molar-refractivity contribution in [2.45, 2.75) is 6.42 Å². The fraction of sp³-hybridized carbons (Fsp3) is 0.0714. The molecule has 2 aromatic rings. The molecule has 1 nitrogen and oxygen atoms in total. The molecule has 0 radical (unpaired) electrons. The summed E-state index contributed by atoms with van der Waals surface area (Å²) in [6, 6.07) is 11.6. The van der Waals surface area contributed by atoms with Crippen LogP contribution in [0.25, 0.3) is 11.1 Å². The van der Waals surface area contributed by atoms with Crippen LogP contribution in [-0.2, 0) is 6.42 Å². The predicted octanol–water partition coefficient (Wildman–Crippen LogP) is 4.87. The second-order valence-corrected chi connectivity index (χ2v) is 4.61. The van der Waals surface area contributed by atoms with Crippen LogP contribution in [-0.4, -0.2) is 0 Å². The minimum atomic E-state index is -0.390. The van der Waals surface area contributed by atoms with Gasteiger partial charge in [-0.3, -0.25) is 0 Å². The molecule has 0 heterocycles. The smallest absolute Gasteiger partial charge is 0.127 e. The minimum Gasteiger partial charge on any atom is -0.207 e. The lowest BCUT2D eigenvalue weighted by atomic mass is 10.0. The molecule has 2 rings (SSSR count). The largest absolute Gasteiger partial charge is 0.207 e. The van der Waals surface area contributed by atoms with Gasteiger partial charge in [-0.1, -0.05) is 29.3 Å². The summed E-state index contributed by atoms with van der Waals surface area (Å²) >= 11 is 12.0. The van der Waals surface area contributed by atoms with E-state index in [-0.39, 0.29) is 6.42 Å². The molecule has 18 heavy (non-hydrogen) atoms. The van der Waals surface area contributed by atoms with Crippen LogP contribution in [0, 0.1) is 17.1 Å². The van der Waals surface area contributed by atoms with Gasteiger partial charge >= 0.3 is 0 Å². The van der Waals surface area contributed by atoms with Gasteiger partial charge in [0.2, 0.25) is 0 Å². The third-order valence-electron chi connectivity index (χ3n) is 2.55. The van der Waals surface area contributed by atoms with Crippen molar-refractivity contribution in [2.75, 3.05) is 0 Å². The number of halogens is 3. The normalized spacial score (nSPS) is 10.1. The summed E-state index contributed by atoms with van der Waals surface area (Å²) in [5.41, 5.74) is 1.82. The molecule has 0 saturated carbocycles. The number of nitriles is 1. The molecule has 0 atom stereocenters. The Bertz CT molecular complexity index is 632. The number of nitrogens with zero attached hydrogens (tertiary/aromatic N) is 1. The topological polar surface area (TPSA) is 23.8 Å². The van der Waals surface area contributed by atoms with Gasteiger partial charge in [-0.05, 0) is 35.9 Å². The van der Waals surface area contributed by atoms with E-state index in [1.54, 1.807) is 30.3 Å². The van der Waals surface area contributed by atoms with Crippen LogP contribution >= 0.6 is 23.2 Å². The molecule has 0 N–H and O–H groups in total. The summed E-state index contributed by atoms with van der Waals surface area (Å²) < 4.78 is 13.4. The van der Waals surface area contributed by atoms with Gasteiger partial charge in [-0.25, -0.2) is 4.39 Å². The molecular weight excluding hydrogens is 272 g/mol. The van der Waals surface area contributed by atoms with Gasteiger partial charge < -0.3 is 0 Å². The van der Waals surface area contributed by atoms with Crippen molar-refractivity contribution < 1.29 is 4.39 Å². The Labute approximate surface area is 114 Å². The highest BCUT2D eigenvalue weighted by Crippen LogP contribution is 2.31. The minimum absolute atomic E-state index is 0.0257. The van der Waals surface area contributed by atoms with Gasteiger partial charge in [0.25, 0.3) is 0 Å². The second kappa shape index (κ2) is 5.39. The Balaban J connectivity index is 2.54. The maximum absolute atomic E-state index is 13.4. The molecule has 0 bridgehead atoms. The van der Waals surface area contributed by atoms with Crippen molar-refractivity contribution >= 4 is 23.2 Å². The molecule has 0 aliphatic heterocycles. The van der Waals surface area contributed by atoms with Crippen LogP contribution in [0.15, 0.2) is 36.4 Å². The molecular formula is C14H8Cl2FN. The highest BCUT2D eigenvalue weighted by Gasteiger charge is 2.08. The Kier molecular flexibility index (Phi) is 3.86. The summed E-state index contributed by atoms with van der Waals surface area (Å²) in [6.45, 7) is 0. The van der Waals surface area contributed by atoms with Gasteiger partial charge in [0.15, 0.2) is 0 Å². The average molecular weight is 280 g/mol. The first-order chi connectivity index (χ1) is 8.61. The lowest BCUT2D eigenvalue weighted by molar-refractivity contribution is 0.615. The van der Waals surface area contributed by atoms with E-state index in [1.165, 1.54) is 6.07 Å². The van der Waals surface area contributed by atoms with Gasteiger partial charge in [-0.15, -0.1) is 0 Å². The van der Waals surface area contributed by atoms with E-state index in [1.807, 2.05) is 6.07 Å². The van der Waals surface area contributed by atoms with Crippen molar-refractivity contribution in [3.63, 3.8) is 0 Å². The summed E-state index contributed by atoms with van der Waals surface area (Å²) in [5, 5.41) is 9.73. The van der Waals surface area contributed by atoms with E-state index in [0.717, 1.165) is 11.1 Å². The Morgan fingerprint density at radius 3 is 2.61 bits per heavy atom. The first kappa shape index (κ1) is 12.9. The van der Waals surface area contributed by atoms with E-state index in [0.29, 0.717) is 15.6 Å². The number of rotatable bonds is 2. The van der Waals surface area contributed by atoms with E-state index in [2.05, 4.69) is 0 Å². The van der Waals surface area contributed by atoms with Crippen LogP contribution in [0.5, 0.6) is 0 Å². The van der Waals surface area contributed by atoms with Crippen LogP contribution in [0.1, 0.15) is 5.56 Å². The van der Waals surface area contributed by atoms with E-state index in [4.69, 9.17) is 28.5 Å². The molecule has 0 fully saturated rings. The van der Waals surface area contributed by atoms with E-state index >= 15 is 0 Å². The molecule has 0 unspecified atom stereocenters. The average Bonchev–Trinajstić information content (AvgIpc) is 2.35. The standard InChI is InChI=1S/C14H8Cl2FN/c15-11-2-3-13(16)12(8-11)9-1-4-14(17)10(7-9)5-6-18/h1-4,7-8H,5H2. The summed E-state index contributed by atoms with van der Waals surface area (Å²) in [4.78, 5) is 0. The molecule has 0 aliphatic rings. The second-order valence-electron chi connectivity index (χ2n) is 3.77. The molecule has 2 aromatic carbocycles. The van der Waals surface area contributed by atoms with Gasteiger partial charge in [0.1, 0.15) is 5.82 Å². The number of hydrogen-bond donors (Lipinski definition) is 0. The molecule has 0 aliphatic carbocycles. The van der Waals surface area contributed by atoms with Crippen molar-refractivity contribution in [1.82, 2.24) is 0 Å². The lowest BCUT2D eigenvalue weighted by Gasteiger charge is -2.07. The third kappa shape index (κ3) is 2.64. The Morgan fingerprint density at radius 1 is 1.11 bits per heavy atom. The van der Waals surface area contributed by atoms with E-state index in [9.17, 15) is 4.39 Å². The Hall–Kier alpha value is -1.56. The monoisotopic (exact) mass is 279 g/mol. The Morgan fingerprint density at radius 2 is 1.89 bits per heavy atom. The van der Waals surface area contributed by atoms with E-state index < -0.39 is 5.82 Å². The highest BCUT2D eigenvalue weighted by atomic mass is 35.5. The van der Waals surface area contributed by atoms with Crippen LogP contribution in [0.3, 0.4) is 0 Å².